The van der Waals surface area contributed by atoms with Gasteiger partial charge in [0.25, 0.3) is 5.91 Å². The molecule has 0 aromatic heterocycles. The molecule has 1 amide bonds. The van der Waals surface area contributed by atoms with Crippen molar-refractivity contribution in [2.75, 3.05) is 7.11 Å². The minimum absolute atomic E-state index is 0.00323. The fourth-order valence-electron chi connectivity index (χ4n) is 4.83. The van der Waals surface area contributed by atoms with Crippen molar-refractivity contribution in [3.05, 3.63) is 125 Å². The van der Waals surface area contributed by atoms with E-state index in [0.717, 1.165) is 29.5 Å². The molecule has 0 bridgehead atoms. The smallest absolute Gasteiger partial charge is 0.258 e. The van der Waals surface area contributed by atoms with Crippen LogP contribution in [0.5, 0.6) is 5.75 Å². The first-order chi connectivity index (χ1) is 16.6. The summed E-state index contributed by atoms with van der Waals surface area (Å²) in [5.41, 5.74) is 5.78. The minimum Gasteiger partial charge on any atom is -0.496 e. The van der Waals surface area contributed by atoms with Crippen molar-refractivity contribution < 1.29 is 13.9 Å². The van der Waals surface area contributed by atoms with Crippen LogP contribution < -0.4 is 4.74 Å². The number of carbonyl (C=O) groups excluding carboxylic acids is 1. The Morgan fingerprint density at radius 2 is 1.50 bits per heavy atom. The highest BCUT2D eigenvalue weighted by Gasteiger charge is 2.33. The van der Waals surface area contributed by atoms with Gasteiger partial charge in [-0.2, -0.15) is 0 Å². The first-order valence-corrected chi connectivity index (χ1v) is 11.5. The van der Waals surface area contributed by atoms with E-state index in [1.54, 1.807) is 19.2 Å². The van der Waals surface area contributed by atoms with Crippen molar-refractivity contribution in [2.24, 2.45) is 0 Å². The zero-order valence-electron chi connectivity index (χ0n) is 19.1. The molecule has 3 nitrogen and oxygen atoms in total. The van der Waals surface area contributed by atoms with E-state index >= 15 is 0 Å². The third-order valence-corrected chi connectivity index (χ3v) is 6.54. The molecule has 1 aliphatic carbocycles. The molecule has 0 atom stereocenters. The van der Waals surface area contributed by atoms with Crippen molar-refractivity contribution in [3.8, 4) is 16.9 Å². The van der Waals surface area contributed by atoms with Gasteiger partial charge < -0.3 is 9.64 Å². The summed E-state index contributed by atoms with van der Waals surface area (Å²) in [7, 11) is 1.59. The Bertz CT molecular complexity index is 1280. The van der Waals surface area contributed by atoms with Gasteiger partial charge in [0.2, 0.25) is 0 Å². The van der Waals surface area contributed by atoms with Crippen LogP contribution in [0, 0.1) is 5.82 Å². The molecule has 4 aromatic carbocycles. The van der Waals surface area contributed by atoms with Crippen LogP contribution in [0.15, 0.2) is 97.1 Å². The highest BCUT2D eigenvalue weighted by Crippen LogP contribution is 2.35. The molecule has 0 N–H and O–H groups in total. The molecule has 0 fully saturated rings. The monoisotopic (exact) mass is 451 g/mol. The fourth-order valence-corrected chi connectivity index (χ4v) is 4.83. The van der Waals surface area contributed by atoms with Gasteiger partial charge in [0.1, 0.15) is 11.6 Å². The molecule has 0 radical (unpaired) electrons. The summed E-state index contributed by atoms with van der Waals surface area (Å²) in [6, 6.07) is 30.3. The molecule has 170 valence electrons. The second-order valence-corrected chi connectivity index (χ2v) is 8.64. The third kappa shape index (κ3) is 4.32. The largest absolute Gasteiger partial charge is 0.496 e. The fraction of sp³-hybridized carbons (Fsp3) is 0.167. The molecule has 34 heavy (non-hydrogen) atoms. The number of benzene rings is 4. The van der Waals surface area contributed by atoms with Gasteiger partial charge in [-0.05, 0) is 58.9 Å². The van der Waals surface area contributed by atoms with Crippen LogP contribution in [0.1, 0.15) is 27.0 Å². The van der Waals surface area contributed by atoms with Crippen molar-refractivity contribution in [2.45, 2.75) is 25.4 Å². The summed E-state index contributed by atoms with van der Waals surface area (Å²) >= 11 is 0. The maximum atomic E-state index is 14.3. The number of nitrogens with zero attached hydrogens (tertiary/aromatic N) is 1. The van der Waals surface area contributed by atoms with Gasteiger partial charge in [-0.1, -0.05) is 78.9 Å². The standard InChI is InChI=1S/C30H26FNO2/c1-34-28-13-7-12-27(22-8-3-2-4-9-22)29(28)30(33)32(20-21-14-16-25(31)17-15-21)26-18-23-10-5-6-11-24(23)19-26/h2-17,26H,18-20H2,1H3. The number of carbonyl (C=O) groups is 1. The molecule has 0 saturated heterocycles. The SMILES string of the molecule is COc1cccc(-c2ccccc2)c1C(=O)N(Cc1ccc(F)cc1)C1Cc2ccccc2C1. The second kappa shape index (κ2) is 9.52. The first kappa shape index (κ1) is 21.9. The lowest BCUT2D eigenvalue weighted by molar-refractivity contribution is 0.0665. The number of halogens is 1. The number of rotatable bonds is 6. The molecule has 4 aromatic rings. The Kier molecular flexibility index (Phi) is 6.13. The third-order valence-electron chi connectivity index (χ3n) is 6.54. The lowest BCUT2D eigenvalue weighted by Gasteiger charge is -2.31. The normalized spacial score (nSPS) is 12.9. The van der Waals surface area contributed by atoms with E-state index in [4.69, 9.17) is 4.74 Å². The number of hydrogen-bond donors (Lipinski definition) is 0. The van der Waals surface area contributed by atoms with Crippen LogP contribution in [-0.4, -0.2) is 24.0 Å². The average molecular weight is 452 g/mol. The van der Waals surface area contributed by atoms with Crippen molar-refractivity contribution >= 4 is 5.91 Å². The van der Waals surface area contributed by atoms with Crippen molar-refractivity contribution in [1.82, 2.24) is 4.90 Å². The summed E-state index contributed by atoms with van der Waals surface area (Å²) in [5, 5.41) is 0. The van der Waals surface area contributed by atoms with E-state index in [9.17, 15) is 9.18 Å². The van der Waals surface area contributed by atoms with Crippen LogP contribution >= 0.6 is 0 Å². The summed E-state index contributed by atoms with van der Waals surface area (Å²) in [6.07, 6.45) is 1.58. The molecular weight excluding hydrogens is 425 g/mol. The molecule has 0 aliphatic heterocycles. The molecule has 4 heteroatoms. The Morgan fingerprint density at radius 3 is 2.15 bits per heavy atom. The van der Waals surface area contributed by atoms with Gasteiger partial charge in [-0.3, -0.25) is 4.79 Å². The Labute approximate surface area is 199 Å². The van der Waals surface area contributed by atoms with Crippen LogP contribution in [-0.2, 0) is 19.4 Å². The Morgan fingerprint density at radius 1 is 0.853 bits per heavy atom. The molecule has 0 spiro atoms. The predicted molar refractivity (Wildman–Crippen MR) is 132 cm³/mol. The maximum Gasteiger partial charge on any atom is 0.258 e. The lowest BCUT2D eigenvalue weighted by Crippen LogP contribution is -2.40. The van der Waals surface area contributed by atoms with E-state index in [2.05, 4.69) is 12.1 Å². The van der Waals surface area contributed by atoms with Gasteiger partial charge in [0.15, 0.2) is 0 Å². The molecule has 1 aliphatic rings. The van der Waals surface area contributed by atoms with Crippen LogP contribution in [0.4, 0.5) is 4.39 Å². The molecule has 0 heterocycles. The first-order valence-electron chi connectivity index (χ1n) is 11.5. The summed E-state index contributed by atoms with van der Waals surface area (Å²) in [5.74, 6) is 0.176. The van der Waals surface area contributed by atoms with E-state index in [1.807, 2.05) is 65.6 Å². The summed E-state index contributed by atoms with van der Waals surface area (Å²) in [4.78, 5) is 16.2. The van der Waals surface area contributed by atoms with Crippen molar-refractivity contribution in [3.63, 3.8) is 0 Å². The van der Waals surface area contributed by atoms with Crippen molar-refractivity contribution in [1.29, 1.82) is 0 Å². The molecule has 5 rings (SSSR count). The second-order valence-electron chi connectivity index (χ2n) is 8.64. The number of methoxy groups -OCH3 is 1. The Hall–Kier alpha value is -3.92. The van der Waals surface area contributed by atoms with E-state index in [1.165, 1.54) is 23.3 Å². The predicted octanol–water partition coefficient (Wildman–Crippen LogP) is 6.31. The minimum atomic E-state index is -0.286. The molecule has 0 unspecified atom stereocenters. The summed E-state index contributed by atoms with van der Waals surface area (Å²) < 4.78 is 19.2. The number of hydrogen-bond acceptors (Lipinski definition) is 2. The Balaban J connectivity index is 1.58. The number of ether oxygens (including phenoxy) is 1. The lowest BCUT2D eigenvalue weighted by atomic mass is 9.96. The molecular formula is C30H26FNO2. The topological polar surface area (TPSA) is 29.5 Å². The van der Waals surface area contributed by atoms with Crippen LogP contribution in [0.3, 0.4) is 0 Å². The van der Waals surface area contributed by atoms with Gasteiger partial charge in [0, 0.05) is 12.6 Å². The molecule has 0 saturated carbocycles. The maximum absolute atomic E-state index is 14.3. The van der Waals surface area contributed by atoms with Crippen LogP contribution in [0.2, 0.25) is 0 Å². The van der Waals surface area contributed by atoms with E-state index < -0.39 is 0 Å². The van der Waals surface area contributed by atoms with Gasteiger partial charge >= 0.3 is 0 Å². The van der Waals surface area contributed by atoms with E-state index in [-0.39, 0.29) is 17.8 Å². The van der Waals surface area contributed by atoms with Crippen LogP contribution in [0.25, 0.3) is 11.1 Å². The zero-order chi connectivity index (χ0) is 23.5. The zero-order valence-corrected chi connectivity index (χ0v) is 19.1. The number of amides is 1. The highest BCUT2D eigenvalue weighted by molar-refractivity contribution is 6.03. The van der Waals surface area contributed by atoms with Gasteiger partial charge in [-0.15, -0.1) is 0 Å². The summed E-state index contributed by atoms with van der Waals surface area (Å²) in [6.45, 7) is 0.393. The number of fused-ring (bicyclic) bond motifs is 1. The van der Waals surface area contributed by atoms with Gasteiger partial charge in [0.05, 0.1) is 12.7 Å². The average Bonchev–Trinajstić information content (AvgIpc) is 3.32. The van der Waals surface area contributed by atoms with Gasteiger partial charge in [-0.25, -0.2) is 4.39 Å². The highest BCUT2D eigenvalue weighted by atomic mass is 19.1. The quantitative estimate of drug-likeness (QED) is 0.344. The van der Waals surface area contributed by atoms with E-state index in [0.29, 0.717) is 17.9 Å².